The molecule has 0 saturated heterocycles. The van der Waals surface area contributed by atoms with Gasteiger partial charge in [0.1, 0.15) is 46.1 Å². The summed E-state index contributed by atoms with van der Waals surface area (Å²) in [6.45, 7) is 19.4. The number of hydrogen-bond donors (Lipinski definition) is 4. The van der Waals surface area contributed by atoms with Crippen LogP contribution in [0, 0.1) is 7.14 Å². The standard InChI is InChI=1S/C15H18ClIN4O2.C15H20IN5O2.H3N.H2O.2H2S/c1-5-9(20-14(22)23-15(2,3)4)6-21-7-10(17)11-12(16)18-8-19-13(11)21;1-5-9(20-14(22)23-15(2,3)4)6-21-7-10(16)11-12(17)18-8-19-13(11)21;;;;/h5,7-9H,1,6H2,2-4H3,(H,20,22);5,7-9H,1,6H2,2-4H3,(H,20,22)(H2,17,18,19);1H3;3*1H2/t2*9-;;;;/m00..../s1. The molecule has 4 rings (SSSR count). The molecule has 0 bridgehead atoms. The van der Waals surface area contributed by atoms with Crippen LogP contribution in [0.3, 0.4) is 0 Å². The van der Waals surface area contributed by atoms with Crippen LogP contribution in [-0.4, -0.2) is 70.0 Å². The molecule has 0 saturated carbocycles. The quantitative estimate of drug-likeness (QED) is 0.0910. The fourth-order valence-electron chi connectivity index (χ4n) is 4.12. The number of anilines is 1. The van der Waals surface area contributed by atoms with Gasteiger partial charge in [-0.05, 0) is 86.7 Å². The molecule has 0 aliphatic carbocycles. The lowest BCUT2D eigenvalue weighted by atomic mass is 10.2. The van der Waals surface area contributed by atoms with Gasteiger partial charge < -0.3 is 46.6 Å². The highest BCUT2D eigenvalue weighted by atomic mass is 127. The van der Waals surface area contributed by atoms with Crippen molar-refractivity contribution in [2.45, 2.75) is 77.9 Å². The second-order valence-electron chi connectivity index (χ2n) is 12.1. The first kappa shape index (κ1) is 49.5. The number of fused-ring (bicyclic) bond motifs is 2. The Hall–Kier alpha value is -2.57. The van der Waals surface area contributed by atoms with Crippen LogP contribution in [0.5, 0.6) is 0 Å². The first-order valence-electron chi connectivity index (χ1n) is 14.1. The van der Waals surface area contributed by atoms with E-state index in [1.54, 1.807) is 12.2 Å². The minimum atomic E-state index is -0.550. The molecule has 0 spiro atoms. The molecule has 50 heavy (non-hydrogen) atoms. The molecule has 2 amide bonds. The van der Waals surface area contributed by atoms with Crippen molar-refractivity contribution in [2.75, 3.05) is 5.73 Å². The predicted molar refractivity (Wildman–Crippen MR) is 226 cm³/mol. The normalized spacial score (nSPS) is 11.9. The van der Waals surface area contributed by atoms with Crippen LogP contribution in [0.25, 0.3) is 22.1 Å². The third-order valence-corrected chi connectivity index (χ3v) is 7.88. The van der Waals surface area contributed by atoms with Crippen LogP contribution in [0.2, 0.25) is 5.15 Å². The van der Waals surface area contributed by atoms with Crippen LogP contribution in [0.15, 0.2) is 50.4 Å². The van der Waals surface area contributed by atoms with Gasteiger partial charge >= 0.3 is 12.2 Å². The minimum absolute atomic E-state index is 0. The van der Waals surface area contributed by atoms with Gasteiger partial charge in [-0.15, -0.1) is 13.2 Å². The molecule has 15 nitrogen and oxygen atoms in total. The van der Waals surface area contributed by atoms with Crippen molar-refractivity contribution in [3.05, 3.63) is 62.7 Å². The van der Waals surface area contributed by atoms with Gasteiger partial charge in [-0.1, -0.05) is 23.8 Å². The summed E-state index contributed by atoms with van der Waals surface area (Å²) in [5, 5.41) is 7.59. The van der Waals surface area contributed by atoms with Crippen molar-refractivity contribution in [3.63, 3.8) is 0 Å². The second-order valence-corrected chi connectivity index (χ2v) is 14.7. The predicted octanol–water partition coefficient (Wildman–Crippen LogP) is 6.03. The molecule has 0 aliphatic rings. The van der Waals surface area contributed by atoms with Gasteiger partial charge in [0.05, 0.1) is 22.9 Å². The number of halogens is 3. The fraction of sp³-hybridized carbons (Fsp3) is 0.400. The molecule has 4 aromatic rings. The molecule has 9 N–H and O–H groups in total. The molecule has 0 unspecified atom stereocenters. The van der Waals surface area contributed by atoms with Crippen molar-refractivity contribution < 1.29 is 24.5 Å². The summed E-state index contributed by atoms with van der Waals surface area (Å²) in [7, 11) is 0. The maximum atomic E-state index is 11.9. The average Bonchev–Trinajstić information content (AvgIpc) is 3.43. The summed E-state index contributed by atoms with van der Waals surface area (Å²) in [4.78, 5) is 40.4. The minimum Gasteiger partial charge on any atom is -0.444 e. The molecular weight excluding hydrogens is 934 g/mol. The number of alkyl carbamates (subject to hydrolysis) is 2. The number of carbonyl (C=O) groups is 2. The summed E-state index contributed by atoms with van der Waals surface area (Å²) in [6, 6.07) is -0.600. The van der Waals surface area contributed by atoms with Crippen LogP contribution in [0.1, 0.15) is 41.5 Å². The molecule has 4 heterocycles. The zero-order valence-electron chi connectivity index (χ0n) is 28.7. The Labute approximate surface area is 338 Å². The monoisotopic (exact) mass is 980 g/mol. The maximum absolute atomic E-state index is 11.9. The largest absolute Gasteiger partial charge is 0.444 e. The molecule has 0 radical (unpaired) electrons. The Kier molecular flexibility index (Phi) is 20.9. The van der Waals surface area contributed by atoms with Crippen molar-refractivity contribution in [3.8, 4) is 0 Å². The van der Waals surface area contributed by atoms with E-state index < -0.39 is 23.4 Å². The van der Waals surface area contributed by atoms with E-state index in [0.29, 0.717) is 29.7 Å². The molecular formula is C30H47ClI2N10O5S2. The van der Waals surface area contributed by atoms with Crippen LogP contribution >= 0.6 is 83.8 Å². The summed E-state index contributed by atoms with van der Waals surface area (Å²) >= 11 is 10.5. The van der Waals surface area contributed by atoms with Crippen molar-refractivity contribution in [2.24, 2.45) is 0 Å². The van der Waals surface area contributed by atoms with E-state index in [1.165, 1.54) is 12.7 Å². The van der Waals surface area contributed by atoms with E-state index in [4.69, 9.17) is 26.8 Å². The first-order valence-corrected chi connectivity index (χ1v) is 16.6. The van der Waals surface area contributed by atoms with E-state index in [9.17, 15) is 9.59 Å². The lowest BCUT2D eigenvalue weighted by molar-refractivity contribution is 0.0499. The highest BCUT2D eigenvalue weighted by Gasteiger charge is 2.21. The lowest BCUT2D eigenvalue weighted by Gasteiger charge is -2.22. The number of nitrogens with zero attached hydrogens (tertiary/aromatic N) is 6. The molecule has 2 atom stereocenters. The Morgan fingerprint density at radius 1 is 0.840 bits per heavy atom. The summed E-state index contributed by atoms with van der Waals surface area (Å²) < 4.78 is 16.3. The van der Waals surface area contributed by atoms with Gasteiger partial charge in [0, 0.05) is 32.6 Å². The Morgan fingerprint density at radius 2 is 1.22 bits per heavy atom. The van der Waals surface area contributed by atoms with Crippen LogP contribution in [0.4, 0.5) is 15.4 Å². The van der Waals surface area contributed by atoms with Gasteiger partial charge in [0.2, 0.25) is 0 Å². The number of hydrogen-bond acceptors (Lipinski definition) is 10. The number of carbonyl (C=O) groups excluding carboxylic acids is 2. The molecule has 0 aromatic carbocycles. The smallest absolute Gasteiger partial charge is 0.408 e. The number of amides is 2. The third-order valence-electron chi connectivity index (χ3n) is 5.96. The number of nitrogens with one attached hydrogen (secondary N) is 2. The van der Waals surface area contributed by atoms with Crippen molar-refractivity contribution in [1.82, 2.24) is 45.9 Å². The SMILES string of the molecule is C=C[C@@H](Cn1cc(I)c2c(Cl)ncnc21)NC(=O)OC(C)(C)C.C=C[C@@H](Cn1cc(I)c2c(N)ncnc21)NC(=O)OC(C)(C)C.N.O.S.S. The lowest BCUT2D eigenvalue weighted by Crippen LogP contribution is -2.40. The molecule has 20 heteroatoms. The average molecular weight is 981 g/mol. The Balaban J connectivity index is 0. The fourth-order valence-corrected chi connectivity index (χ4v) is 6.19. The van der Waals surface area contributed by atoms with E-state index in [0.717, 1.165) is 23.6 Å². The number of ether oxygens (including phenoxy) is 2. The summed E-state index contributed by atoms with van der Waals surface area (Å²) in [5.74, 6) is 0.438. The van der Waals surface area contributed by atoms with Crippen molar-refractivity contribution in [1.29, 1.82) is 0 Å². The highest BCUT2D eigenvalue weighted by Crippen LogP contribution is 2.27. The summed E-state index contributed by atoms with van der Waals surface area (Å²) in [5.41, 5.74) is 6.24. The first-order chi connectivity index (χ1) is 21.4. The number of aromatic nitrogens is 6. The summed E-state index contributed by atoms with van der Waals surface area (Å²) in [6.07, 6.45) is 9.03. The Morgan fingerprint density at radius 3 is 1.62 bits per heavy atom. The van der Waals surface area contributed by atoms with Gasteiger partial charge in [0.25, 0.3) is 0 Å². The van der Waals surface area contributed by atoms with E-state index in [-0.39, 0.29) is 50.7 Å². The number of nitrogens with two attached hydrogens (primary N) is 1. The Bertz CT molecular complexity index is 1620. The van der Waals surface area contributed by atoms with E-state index >= 15 is 0 Å². The van der Waals surface area contributed by atoms with E-state index in [1.807, 2.05) is 63.1 Å². The van der Waals surface area contributed by atoms with Gasteiger partial charge in [-0.2, -0.15) is 27.0 Å². The number of rotatable bonds is 8. The molecule has 0 fully saturated rings. The van der Waals surface area contributed by atoms with Gasteiger partial charge in [-0.3, -0.25) is 0 Å². The highest BCUT2D eigenvalue weighted by molar-refractivity contribution is 14.1. The third kappa shape index (κ3) is 14.2. The molecule has 0 aliphatic heterocycles. The topological polar surface area (TPSA) is 231 Å². The number of nitrogen functional groups attached to an aromatic ring is 1. The zero-order valence-corrected chi connectivity index (χ0v) is 35.8. The molecule has 280 valence electrons. The zero-order chi connectivity index (χ0) is 34.4. The van der Waals surface area contributed by atoms with Gasteiger partial charge in [0.15, 0.2) is 0 Å². The van der Waals surface area contributed by atoms with Crippen molar-refractivity contribution >= 4 is 124 Å². The molecule has 4 aromatic heterocycles. The van der Waals surface area contributed by atoms with E-state index in [2.05, 4.69) is 88.9 Å². The van der Waals surface area contributed by atoms with Crippen LogP contribution in [-0.2, 0) is 22.6 Å². The van der Waals surface area contributed by atoms with Crippen LogP contribution < -0.4 is 22.5 Å². The van der Waals surface area contributed by atoms with Gasteiger partial charge in [-0.25, -0.2) is 29.5 Å². The maximum Gasteiger partial charge on any atom is 0.408 e. The second kappa shape index (κ2) is 21.1.